The van der Waals surface area contributed by atoms with Crippen molar-refractivity contribution in [3.8, 4) is 5.75 Å². The Morgan fingerprint density at radius 1 is 1.33 bits per heavy atom. The highest BCUT2D eigenvalue weighted by Crippen LogP contribution is 2.14. The molecule has 1 atom stereocenters. The van der Waals surface area contributed by atoms with E-state index in [0.717, 1.165) is 38.5 Å². The zero-order valence-electron chi connectivity index (χ0n) is 13.1. The van der Waals surface area contributed by atoms with Gasteiger partial charge in [0.2, 0.25) is 5.91 Å². The maximum Gasteiger partial charge on any atom is 0.239 e. The molecule has 1 saturated heterocycles. The number of benzene rings is 1. The fourth-order valence-corrected chi connectivity index (χ4v) is 2.49. The van der Waals surface area contributed by atoms with E-state index in [1.165, 1.54) is 5.56 Å². The number of carbonyl (C=O) groups excluding carboxylic acids is 1. The van der Waals surface area contributed by atoms with E-state index in [2.05, 4.69) is 10.2 Å². The van der Waals surface area contributed by atoms with Gasteiger partial charge in [-0.2, -0.15) is 0 Å². The third kappa shape index (κ3) is 4.19. The topological polar surface area (TPSA) is 44.8 Å². The van der Waals surface area contributed by atoms with Crippen LogP contribution in [0.4, 0.5) is 0 Å². The molecule has 1 amide bonds. The van der Waals surface area contributed by atoms with Crippen LogP contribution >= 0.6 is 0 Å². The van der Waals surface area contributed by atoms with E-state index in [-0.39, 0.29) is 11.9 Å². The molecule has 1 aliphatic rings. The Labute approximate surface area is 126 Å². The largest absolute Gasteiger partial charge is 0.497 e. The number of hydrogen-bond acceptors (Lipinski definition) is 4. The summed E-state index contributed by atoms with van der Waals surface area (Å²) in [5, 5.41) is 3.27. The standard InChI is InChI=1S/C16H25N3O2/c1-13(16(20)19-10-8-17-9-11-19)18(2)12-14-4-6-15(21-3)7-5-14/h4-7,13,17H,8-12H2,1-3H3. The molecule has 116 valence electrons. The van der Waals surface area contributed by atoms with Crippen molar-refractivity contribution in [3.05, 3.63) is 29.8 Å². The van der Waals surface area contributed by atoms with Gasteiger partial charge in [0.15, 0.2) is 0 Å². The second-order valence-corrected chi connectivity index (χ2v) is 5.51. The second-order valence-electron chi connectivity index (χ2n) is 5.51. The number of methoxy groups -OCH3 is 1. The number of rotatable bonds is 5. The van der Waals surface area contributed by atoms with Crippen molar-refractivity contribution in [3.63, 3.8) is 0 Å². The van der Waals surface area contributed by atoms with Gasteiger partial charge in [0.05, 0.1) is 13.2 Å². The lowest BCUT2D eigenvalue weighted by molar-refractivity contribution is -0.136. The Morgan fingerprint density at radius 3 is 2.52 bits per heavy atom. The summed E-state index contributed by atoms with van der Waals surface area (Å²) in [6, 6.07) is 7.87. The maximum absolute atomic E-state index is 12.5. The lowest BCUT2D eigenvalue weighted by Crippen LogP contribution is -2.52. The molecule has 1 aromatic carbocycles. The summed E-state index contributed by atoms with van der Waals surface area (Å²) in [6.45, 7) is 6.12. The molecule has 5 heteroatoms. The number of nitrogens with one attached hydrogen (secondary N) is 1. The molecule has 0 saturated carbocycles. The van der Waals surface area contributed by atoms with Gasteiger partial charge in [0.25, 0.3) is 0 Å². The van der Waals surface area contributed by atoms with Crippen LogP contribution in [0.3, 0.4) is 0 Å². The Morgan fingerprint density at radius 2 is 1.95 bits per heavy atom. The van der Waals surface area contributed by atoms with Crippen molar-refractivity contribution in [2.75, 3.05) is 40.3 Å². The van der Waals surface area contributed by atoms with Crippen LogP contribution in [0.5, 0.6) is 5.75 Å². The van der Waals surface area contributed by atoms with E-state index in [1.807, 2.05) is 43.1 Å². The van der Waals surface area contributed by atoms with Crippen LogP contribution in [-0.4, -0.2) is 62.1 Å². The van der Waals surface area contributed by atoms with Crippen LogP contribution in [0.15, 0.2) is 24.3 Å². The average Bonchev–Trinajstić information content (AvgIpc) is 2.55. The van der Waals surface area contributed by atoms with Gasteiger partial charge < -0.3 is 15.0 Å². The van der Waals surface area contributed by atoms with Crippen LogP contribution in [0, 0.1) is 0 Å². The maximum atomic E-state index is 12.5. The molecule has 1 heterocycles. The molecular formula is C16H25N3O2. The van der Waals surface area contributed by atoms with Gasteiger partial charge in [-0.25, -0.2) is 0 Å². The Hall–Kier alpha value is -1.59. The minimum Gasteiger partial charge on any atom is -0.497 e. The minimum absolute atomic E-state index is 0.106. The molecule has 1 unspecified atom stereocenters. The number of hydrogen-bond donors (Lipinski definition) is 1. The van der Waals surface area contributed by atoms with E-state index in [0.29, 0.717) is 0 Å². The van der Waals surface area contributed by atoms with E-state index in [1.54, 1.807) is 7.11 Å². The minimum atomic E-state index is -0.106. The summed E-state index contributed by atoms with van der Waals surface area (Å²) < 4.78 is 5.16. The molecule has 0 aromatic heterocycles. The SMILES string of the molecule is COc1ccc(CN(C)C(C)C(=O)N2CCNCC2)cc1. The van der Waals surface area contributed by atoms with E-state index >= 15 is 0 Å². The van der Waals surface area contributed by atoms with E-state index in [9.17, 15) is 4.79 Å². The molecule has 1 fully saturated rings. The van der Waals surface area contributed by atoms with Crippen molar-refractivity contribution < 1.29 is 9.53 Å². The second kappa shape index (κ2) is 7.43. The zero-order chi connectivity index (χ0) is 15.2. The fourth-order valence-electron chi connectivity index (χ4n) is 2.49. The first-order valence-electron chi connectivity index (χ1n) is 7.44. The summed E-state index contributed by atoms with van der Waals surface area (Å²) in [4.78, 5) is 16.5. The highest BCUT2D eigenvalue weighted by Gasteiger charge is 2.24. The van der Waals surface area contributed by atoms with Crippen LogP contribution in [0.25, 0.3) is 0 Å². The third-order valence-corrected chi connectivity index (χ3v) is 4.04. The molecule has 0 bridgehead atoms. The Balaban J connectivity index is 1.91. The van der Waals surface area contributed by atoms with Crippen LogP contribution in [0.2, 0.25) is 0 Å². The van der Waals surface area contributed by atoms with Crippen molar-refractivity contribution in [1.82, 2.24) is 15.1 Å². The lowest BCUT2D eigenvalue weighted by atomic mass is 10.1. The van der Waals surface area contributed by atoms with Gasteiger partial charge in [-0.05, 0) is 31.7 Å². The van der Waals surface area contributed by atoms with Gasteiger partial charge in [-0.15, -0.1) is 0 Å². The van der Waals surface area contributed by atoms with E-state index < -0.39 is 0 Å². The highest BCUT2D eigenvalue weighted by atomic mass is 16.5. The van der Waals surface area contributed by atoms with Crippen molar-refractivity contribution in [1.29, 1.82) is 0 Å². The number of nitrogens with zero attached hydrogens (tertiary/aromatic N) is 2. The summed E-state index contributed by atoms with van der Waals surface area (Å²) in [7, 11) is 3.66. The Bertz CT molecular complexity index is 455. The zero-order valence-corrected chi connectivity index (χ0v) is 13.1. The number of piperazine rings is 1. The predicted octanol–water partition coefficient (Wildman–Crippen LogP) is 0.947. The number of ether oxygens (including phenoxy) is 1. The van der Waals surface area contributed by atoms with Crippen LogP contribution in [0.1, 0.15) is 12.5 Å². The quantitative estimate of drug-likeness (QED) is 0.877. The molecular weight excluding hydrogens is 266 g/mol. The average molecular weight is 291 g/mol. The molecule has 1 N–H and O–H groups in total. The molecule has 0 aliphatic carbocycles. The van der Waals surface area contributed by atoms with Crippen LogP contribution < -0.4 is 10.1 Å². The van der Waals surface area contributed by atoms with Crippen LogP contribution in [-0.2, 0) is 11.3 Å². The first-order valence-corrected chi connectivity index (χ1v) is 7.44. The monoisotopic (exact) mass is 291 g/mol. The molecule has 21 heavy (non-hydrogen) atoms. The van der Waals surface area contributed by atoms with E-state index in [4.69, 9.17) is 4.74 Å². The van der Waals surface area contributed by atoms with Gasteiger partial charge >= 0.3 is 0 Å². The van der Waals surface area contributed by atoms with Crippen molar-refractivity contribution in [2.24, 2.45) is 0 Å². The van der Waals surface area contributed by atoms with Gasteiger partial charge in [-0.1, -0.05) is 12.1 Å². The molecule has 2 rings (SSSR count). The van der Waals surface area contributed by atoms with Crippen molar-refractivity contribution in [2.45, 2.75) is 19.5 Å². The van der Waals surface area contributed by atoms with Gasteiger partial charge in [0, 0.05) is 32.7 Å². The summed E-state index contributed by atoms with van der Waals surface area (Å²) >= 11 is 0. The molecule has 1 aromatic rings. The predicted molar refractivity (Wildman–Crippen MR) is 83.4 cm³/mol. The summed E-state index contributed by atoms with van der Waals surface area (Å²) in [5.74, 6) is 1.07. The lowest BCUT2D eigenvalue weighted by Gasteiger charge is -2.33. The highest BCUT2D eigenvalue weighted by molar-refractivity contribution is 5.81. The first-order chi connectivity index (χ1) is 10.1. The van der Waals surface area contributed by atoms with Crippen molar-refractivity contribution >= 4 is 5.91 Å². The number of carbonyl (C=O) groups is 1. The van der Waals surface area contributed by atoms with Gasteiger partial charge in [0.1, 0.15) is 5.75 Å². The first kappa shape index (κ1) is 15.8. The summed E-state index contributed by atoms with van der Waals surface area (Å²) in [6.07, 6.45) is 0. The number of likely N-dealkylation sites (N-methyl/N-ethyl adjacent to an activating group) is 1. The molecule has 1 aliphatic heterocycles. The number of amides is 1. The molecule has 0 spiro atoms. The fraction of sp³-hybridized carbons (Fsp3) is 0.562. The van der Waals surface area contributed by atoms with Gasteiger partial charge in [-0.3, -0.25) is 9.69 Å². The molecule has 0 radical (unpaired) electrons. The normalized spacial score (nSPS) is 16.9. The third-order valence-electron chi connectivity index (χ3n) is 4.04. The molecule has 5 nitrogen and oxygen atoms in total. The Kier molecular flexibility index (Phi) is 5.59. The summed E-state index contributed by atoms with van der Waals surface area (Å²) in [5.41, 5.74) is 1.18. The smallest absolute Gasteiger partial charge is 0.239 e.